The molecule has 0 spiro atoms. The zero-order valence-electron chi connectivity index (χ0n) is 18.5. The summed E-state index contributed by atoms with van der Waals surface area (Å²) < 4.78 is 66.7. The van der Waals surface area contributed by atoms with Crippen LogP contribution in [0.2, 0.25) is 5.02 Å². The van der Waals surface area contributed by atoms with Gasteiger partial charge in [0, 0.05) is 42.6 Å². The normalized spacial score (nSPS) is 13.7. The number of rotatable bonds is 5. The molecule has 1 aliphatic heterocycles. The van der Waals surface area contributed by atoms with Crippen LogP contribution in [0.15, 0.2) is 42.6 Å². The van der Waals surface area contributed by atoms with Crippen molar-refractivity contribution < 1.29 is 21.6 Å². The molecule has 0 saturated heterocycles. The first-order valence-corrected chi connectivity index (χ1v) is 12.3. The Labute approximate surface area is 200 Å². The molecule has 0 saturated carbocycles. The number of sulfonamides is 1. The van der Waals surface area contributed by atoms with Gasteiger partial charge in [-0.1, -0.05) is 23.7 Å². The Kier molecular flexibility index (Phi) is 6.11. The van der Waals surface area contributed by atoms with Gasteiger partial charge in [-0.2, -0.15) is 18.2 Å². The highest BCUT2D eigenvalue weighted by Gasteiger charge is 2.38. The molecule has 34 heavy (non-hydrogen) atoms. The highest BCUT2D eigenvalue weighted by Crippen LogP contribution is 2.40. The highest BCUT2D eigenvalue weighted by atomic mass is 35.5. The highest BCUT2D eigenvalue weighted by molar-refractivity contribution is 7.92. The standard InChI is InChI=1S/C22H21ClF3N5O2S/c1-13-9-15(23)7-8-18(13)28-21-27-10-17(22(24,25)26)20(29-21)31-11-14-5-4-6-19(16(14)12-31)30(2)34(3,32)33/h4-10H,11-12H2,1-3H3,(H,27,28,29). The summed E-state index contributed by atoms with van der Waals surface area (Å²) in [6, 6.07) is 10.1. The van der Waals surface area contributed by atoms with E-state index in [1.807, 2.05) is 0 Å². The Morgan fingerprint density at radius 2 is 1.91 bits per heavy atom. The lowest BCUT2D eigenvalue weighted by atomic mass is 10.1. The Morgan fingerprint density at radius 1 is 1.18 bits per heavy atom. The Morgan fingerprint density at radius 3 is 2.56 bits per heavy atom. The van der Waals surface area contributed by atoms with Crippen LogP contribution in [-0.2, 0) is 29.3 Å². The molecule has 12 heteroatoms. The first kappa shape index (κ1) is 24.1. The Hall–Kier alpha value is -3.05. The summed E-state index contributed by atoms with van der Waals surface area (Å²) >= 11 is 5.98. The maximum absolute atomic E-state index is 13.8. The van der Waals surface area contributed by atoms with Crippen LogP contribution in [0.1, 0.15) is 22.3 Å². The minimum absolute atomic E-state index is 0.00199. The van der Waals surface area contributed by atoms with Gasteiger partial charge in [-0.15, -0.1) is 0 Å². The molecule has 180 valence electrons. The Balaban J connectivity index is 1.73. The second kappa shape index (κ2) is 8.62. The quantitative estimate of drug-likeness (QED) is 0.512. The third-order valence-electron chi connectivity index (χ3n) is 5.60. The van der Waals surface area contributed by atoms with Crippen LogP contribution in [-0.4, -0.2) is 31.7 Å². The number of aromatic nitrogens is 2. The van der Waals surface area contributed by atoms with E-state index >= 15 is 0 Å². The SMILES string of the molecule is Cc1cc(Cl)ccc1Nc1ncc(C(F)(F)F)c(N2Cc3cccc(N(C)S(C)(=O)=O)c3C2)n1. The third kappa shape index (κ3) is 4.76. The molecule has 0 radical (unpaired) electrons. The van der Waals surface area contributed by atoms with Crippen LogP contribution in [0, 0.1) is 6.92 Å². The molecule has 2 heterocycles. The van der Waals surface area contributed by atoms with Gasteiger partial charge in [0.15, 0.2) is 0 Å². The largest absolute Gasteiger partial charge is 0.421 e. The first-order valence-electron chi connectivity index (χ1n) is 10.1. The van der Waals surface area contributed by atoms with Gasteiger partial charge in [-0.05, 0) is 42.3 Å². The van der Waals surface area contributed by atoms with Crippen LogP contribution in [0.5, 0.6) is 0 Å². The van der Waals surface area contributed by atoms with Gasteiger partial charge >= 0.3 is 6.18 Å². The molecular weight excluding hydrogens is 491 g/mol. The number of alkyl halides is 3. The molecule has 2 aromatic carbocycles. The summed E-state index contributed by atoms with van der Waals surface area (Å²) in [5.74, 6) is -0.293. The second-order valence-corrected chi connectivity index (χ2v) is 10.5. The second-order valence-electron chi connectivity index (χ2n) is 8.01. The van der Waals surface area contributed by atoms with Crippen molar-refractivity contribution in [3.05, 3.63) is 69.9 Å². The number of hydrogen-bond acceptors (Lipinski definition) is 6. The minimum Gasteiger partial charge on any atom is -0.347 e. The zero-order valence-corrected chi connectivity index (χ0v) is 20.1. The lowest BCUT2D eigenvalue weighted by molar-refractivity contribution is -0.137. The molecule has 0 unspecified atom stereocenters. The van der Waals surface area contributed by atoms with E-state index in [-0.39, 0.29) is 24.9 Å². The van der Waals surface area contributed by atoms with E-state index < -0.39 is 21.8 Å². The van der Waals surface area contributed by atoms with Gasteiger partial charge in [0.2, 0.25) is 16.0 Å². The van der Waals surface area contributed by atoms with Crippen molar-refractivity contribution in [2.75, 3.05) is 27.8 Å². The van der Waals surface area contributed by atoms with Crippen molar-refractivity contribution in [3.63, 3.8) is 0 Å². The van der Waals surface area contributed by atoms with Gasteiger partial charge < -0.3 is 10.2 Å². The smallest absolute Gasteiger partial charge is 0.347 e. The predicted octanol–water partition coefficient (Wildman–Crippen LogP) is 5.12. The summed E-state index contributed by atoms with van der Waals surface area (Å²) in [6.45, 7) is 2.00. The predicted molar refractivity (Wildman–Crippen MR) is 126 cm³/mol. The van der Waals surface area contributed by atoms with Gasteiger partial charge in [-0.3, -0.25) is 4.31 Å². The Bertz CT molecular complexity index is 1370. The van der Waals surface area contributed by atoms with E-state index in [4.69, 9.17) is 11.6 Å². The summed E-state index contributed by atoms with van der Waals surface area (Å²) in [5, 5.41) is 3.48. The molecule has 1 N–H and O–H groups in total. The van der Waals surface area contributed by atoms with E-state index in [0.717, 1.165) is 27.9 Å². The average molecular weight is 512 g/mol. The number of halogens is 4. The topological polar surface area (TPSA) is 78.4 Å². The molecule has 0 atom stereocenters. The fraction of sp³-hybridized carbons (Fsp3) is 0.273. The molecular formula is C22H21ClF3N5O2S. The van der Waals surface area contributed by atoms with Crippen molar-refractivity contribution in [3.8, 4) is 0 Å². The molecule has 7 nitrogen and oxygen atoms in total. The van der Waals surface area contributed by atoms with Crippen LogP contribution in [0.4, 0.5) is 36.3 Å². The lowest BCUT2D eigenvalue weighted by Gasteiger charge is -2.23. The van der Waals surface area contributed by atoms with Gasteiger partial charge in [-0.25, -0.2) is 13.4 Å². The third-order valence-corrected chi connectivity index (χ3v) is 7.03. The molecule has 0 amide bonds. The van der Waals surface area contributed by atoms with E-state index in [1.165, 1.54) is 11.9 Å². The monoisotopic (exact) mass is 511 g/mol. The van der Waals surface area contributed by atoms with E-state index in [1.54, 1.807) is 43.3 Å². The molecule has 1 aromatic heterocycles. The molecule has 0 fully saturated rings. The van der Waals surface area contributed by atoms with Crippen LogP contribution >= 0.6 is 11.6 Å². The minimum atomic E-state index is -4.68. The van der Waals surface area contributed by atoms with E-state index in [2.05, 4.69) is 15.3 Å². The molecule has 3 aromatic rings. The summed E-state index contributed by atoms with van der Waals surface area (Å²) in [7, 11) is -2.14. The number of hydrogen-bond donors (Lipinski definition) is 1. The number of nitrogens with one attached hydrogen (secondary N) is 1. The van der Waals surface area contributed by atoms with Gasteiger partial charge in [0.25, 0.3) is 0 Å². The van der Waals surface area contributed by atoms with Crippen molar-refractivity contribution in [1.29, 1.82) is 0 Å². The fourth-order valence-electron chi connectivity index (χ4n) is 3.79. The molecule has 4 rings (SSSR count). The van der Waals surface area contributed by atoms with Crippen molar-refractivity contribution in [1.82, 2.24) is 9.97 Å². The van der Waals surface area contributed by atoms with Gasteiger partial charge in [0.05, 0.1) is 11.9 Å². The maximum Gasteiger partial charge on any atom is 0.421 e. The number of fused-ring (bicyclic) bond motifs is 1. The number of benzene rings is 2. The average Bonchev–Trinajstić information content (AvgIpc) is 3.18. The van der Waals surface area contributed by atoms with Gasteiger partial charge in [0.1, 0.15) is 11.4 Å². The molecule has 1 aliphatic rings. The fourth-order valence-corrected chi connectivity index (χ4v) is 4.54. The van der Waals surface area contributed by atoms with E-state index in [0.29, 0.717) is 22.0 Å². The number of anilines is 4. The van der Waals surface area contributed by atoms with Crippen molar-refractivity contribution in [2.24, 2.45) is 0 Å². The number of nitrogens with zero attached hydrogens (tertiary/aromatic N) is 4. The van der Waals surface area contributed by atoms with Crippen LogP contribution < -0.4 is 14.5 Å². The van der Waals surface area contributed by atoms with Crippen LogP contribution in [0.25, 0.3) is 0 Å². The maximum atomic E-state index is 13.8. The summed E-state index contributed by atoms with van der Waals surface area (Å²) in [5.41, 5.74) is 2.18. The molecule has 0 bridgehead atoms. The zero-order chi connectivity index (χ0) is 24.8. The first-order chi connectivity index (χ1) is 15.8. The van der Waals surface area contributed by atoms with Crippen LogP contribution in [0.3, 0.4) is 0 Å². The summed E-state index contributed by atoms with van der Waals surface area (Å²) in [6.07, 6.45) is -2.85. The van der Waals surface area contributed by atoms with E-state index in [9.17, 15) is 21.6 Å². The van der Waals surface area contributed by atoms with Crippen molar-refractivity contribution >= 4 is 44.8 Å². The summed E-state index contributed by atoms with van der Waals surface area (Å²) in [4.78, 5) is 9.55. The van der Waals surface area contributed by atoms with Crippen molar-refractivity contribution in [2.45, 2.75) is 26.2 Å². The lowest BCUT2D eigenvalue weighted by Crippen LogP contribution is -2.26. The number of aryl methyl sites for hydroxylation is 1. The molecule has 0 aliphatic carbocycles.